The average Bonchev–Trinajstić information content (AvgIpc) is 2.86. The molecule has 0 saturated carbocycles. The van der Waals surface area contributed by atoms with Gasteiger partial charge < -0.3 is 4.74 Å². The van der Waals surface area contributed by atoms with E-state index >= 15 is 0 Å². The number of ether oxygens (including phenoxy) is 1. The summed E-state index contributed by atoms with van der Waals surface area (Å²) in [4.78, 5) is 11.1. The van der Waals surface area contributed by atoms with Crippen LogP contribution in [0.25, 0.3) is 11.1 Å². The van der Waals surface area contributed by atoms with Crippen molar-refractivity contribution in [2.45, 2.75) is 26.6 Å². The Morgan fingerprint density at radius 2 is 1.68 bits per heavy atom. The number of fused-ring (bicyclic) bond motifs is 1. The highest BCUT2D eigenvalue weighted by atomic mass is 16.5. The van der Waals surface area contributed by atoms with Gasteiger partial charge in [-0.3, -0.25) is 4.79 Å². The maximum Gasteiger partial charge on any atom is 0.134 e. The summed E-state index contributed by atoms with van der Waals surface area (Å²) in [6.07, 6.45) is 0.512. The fraction of sp³-hybridized carbons (Fsp3) is 0.235. The molecule has 1 heterocycles. The van der Waals surface area contributed by atoms with E-state index in [-0.39, 0.29) is 5.78 Å². The molecular weight excluding hydrogens is 236 g/mol. The summed E-state index contributed by atoms with van der Waals surface area (Å²) < 4.78 is 5.43. The van der Waals surface area contributed by atoms with Crippen molar-refractivity contribution in [1.29, 1.82) is 0 Å². The quantitative estimate of drug-likeness (QED) is 0.835. The lowest BCUT2D eigenvalue weighted by Crippen LogP contribution is -1.95. The fourth-order valence-corrected chi connectivity index (χ4v) is 2.45. The molecule has 96 valence electrons. The second-order valence-electron chi connectivity index (χ2n) is 5.05. The highest BCUT2D eigenvalue weighted by molar-refractivity contribution is 5.78. The van der Waals surface area contributed by atoms with Crippen molar-refractivity contribution >= 4 is 5.78 Å². The lowest BCUT2D eigenvalue weighted by Gasteiger charge is -2.05. The van der Waals surface area contributed by atoms with Crippen LogP contribution in [0.5, 0.6) is 0 Å². The topological polar surface area (TPSA) is 26.3 Å². The zero-order valence-electron chi connectivity index (χ0n) is 11.0. The van der Waals surface area contributed by atoms with E-state index < -0.39 is 0 Å². The van der Waals surface area contributed by atoms with Gasteiger partial charge in [-0.05, 0) is 40.8 Å². The monoisotopic (exact) mass is 252 g/mol. The smallest absolute Gasteiger partial charge is 0.134 e. The number of Topliss-reactive ketones (excluding diaryl/α,β-unsaturated/α-hetero) is 1. The molecule has 0 bridgehead atoms. The van der Waals surface area contributed by atoms with Gasteiger partial charge in [0.25, 0.3) is 0 Å². The van der Waals surface area contributed by atoms with Crippen LogP contribution in [0.3, 0.4) is 0 Å². The van der Waals surface area contributed by atoms with Crippen LogP contribution >= 0.6 is 0 Å². The first-order chi connectivity index (χ1) is 9.22. The first-order valence-corrected chi connectivity index (χ1v) is 6.51. The highest BCUT2D eigenvalue weighted by Gasteiger charge is 2.11. The molecule has 0 atom stereocenters. The molecule has 2 aromatic rings. The van der Waals surface area contributed by atoms with Gasteiger partial charge in [-0.1, -0.05) is 36.4 Å². The zero-order chi connectivity index (χ0) is 13.2. The molecule has 0 spiro atoms. The molecule has 0 N–H and O–H groups in total. The Morgan fingerprint density at radius 3 is 2.42 bits per heavy atom. The number of hydrogen-bond donors (Lipinski definition) is 0. The number of hydrogen-bond acceptors (Lipinski definition) is 2. The van der Waals surface area contributed by atoms with Crippen molar-refractivity contribution in [3.05, 3.63) is 59.2 Å². The maximum atomic E-state index is 11.1. The normalized spacial score (nSPS) is 13.3. The number of carbonyl (C=O) groups is 1. The number of benzene rings is 2. The first-order valence-electron chi connectivity index (χ1n) is 6.51. The van der Waals surface area contributed by atoms with Crippen LogP contribution in [0.1, 0.15) is 23.6 Å². The number of carbonyl (C=O) groups excluding carboxylic acids is 1. The van der Waals surface area contributed by atoms with E-state index in [2.05, 4.69) is 30.3 Å². The van der Waals surface area contributed by atoms with E-state index in [1.54, 1.807) is 6.92 Å². The molecule has 0 radical (unpaired) electrons. The molecule has 0 aromatic heterocycles. The molecular formula is C17H16O2. The van der Waals surface area contributed by atoms with Gasteiger partial charge in [0.2, 0.25) is 0 Å². The van der Waals surface area contributed by atoms with Gasteiger partial charge >= 0.3 is 0 Å². The zero-order valence-corrected chi connectivity index (χ0v) is 11.0. The van der Waals surface area contributed by atoms with Gasteiger partial charge in [0, 0.05) is 6.42 Å². The lowest BCUT2D eigenvalue weighted by atomic mass is 9.99. The average molecular weight is 252 g/mol. The van der Waals surface area contributed by atoms with Crippen LogP contribution in [-0.2, 0) is 29.2 Å². The fourth-order valence-electron chi connectivity index (χ4n) is 2.45. The van der Waals surface area contributed by atoms with E-state index in [1.165, 1.54) is 22.3 Å². The first kappa shape index (κ1) is 12.1. The third kappa shape index (κ3) is 2.59. The summed E-state index contributed by atoms with van der Waals surface area (Å²) in [6.45, 7) is 3.06. The molecule has 3 rings (SSSR count). The van der Waals surface area contributed by atoms with Crippen molar-refractivity contribution in [3.8, 4) is 11.1 Å². The summed E-state index contributed by atoms with van der Waals surface area (Å²) in [5.74, 6) is 0.197. The third-order valence-electron chi connectivity index (χ3n) is 3.46. The lowest BCUT2D eigenvalue weighted by molar-refractivity contribution is -0.116. The molecule has 0 amide bonds. The van der Waals surface area contributed by atoms with E-state index in [1.807, 2.05) is 12.1 Å². The van der Waals surface area contributed by atoms with Crippen LogP contribution in [0, 0.1) is 0 Å². The summed E-state index contributed by atoms with van der Waals surface area (Å²) >= 11 is 0. The van der Waals surface area contributed by atoms with Gasteiger partial charge in [-0.2, -0.15) is 0 Å². The van der Waals surface area contributed by atoms with Crippen LogP contribution in [0.2, 0.25) is 0 Å². The van der Waals surface area contributed by atoms with Gasteiger partial charge in [0.05, 0.1) is 13.2 Å². The Morgan fingerprint density at radius 1 is 1.00 bits per heavy atom. The van der Waals surface area contributed by atoms with Crippen molar-refractivity contribution in [3.63, 3.8) is 0 Å². The summed E-state index contributed by atoms with van der Waals surface area (Å²) in [5.41, 5.74) is 6.03. The molecule has 0 aliphatic carbocycles. The molecule has 19 heavy (non-hydrogen) atoms. The van der Waals surface area contributed by atoms with Crippen LogP contribution < -0.4 is 0 Å². The highest BCUT2D eigenvalue weighted by Crippen LogP contribution is 2.27. The molecule has 0 unspecified atom stereocenters. The summed E-state index contributed by atoms with van der Waals surface area (Å²) in [7, 11) is 0. The van der Waals surface area contributed by atoms with Gasteiger partial charge in [0.15, 0.2) is 0 Å². The SMILES string of the molecule is CC(=O)Cc1ccc(-c2ccc3c(c2)COC3)cc1. The molecule has 0 fully saturated rings. The van der Waals surface area contributed by atoms with Crippen LogP contribution in [0.4, 0.5) is 0 Å². The molecule has 1 aliphatic heterocycles. The Hall–Kier alpha value is -1.93. The molecule has 2 nitrogen and oxygen atoms in total. The second-order valence-corrected chi connectivity index (χ2v) is 5.05. The van der Waals surface area contributed by atoms with E-state index in [4.69, 9.17) is 4.74 Å². The molecule has 1 aliphatic rings. The minimum absolute atomic E-state index is 0.197. The second kappa shape index (κ2) is 4.98. The van der Waals surface area contributed by atoms with E-state index in [9.17, 15) is 4.79 Å². The molecule has 2 heteroatoms. The Labute approximate surface area is 113 Å². The minimum atomic E-state index is 0.197. The standard InChI is InChI=1S/C17H16O2/c1-12(18)8-13-2-4-14(5-3-13)15-6-7-16-10-19-11-17(16)9-15/h2-7,9H,8,10-11H2,1H3. The van der Waals surface area contributed by atoms with Crippen molar-refractivity contribution < 1.29 is 9.53 Å². The van der Waals surface area contributed by atoms with Crippen LogP contribution in [-0.4, -0.2) is 5.78 Å². The van der Waals surface area contributed by atoms with Gasteiger partial charge in [0.1, 0.15) is 5.78 Å². The Balaban J connectivity index is 1.88. The largest absolute Gasteiger partial charge is 0.372 e. The predicted octanol–water partition coefficient (Wildman–Crippen LogP) is 3.52. The van der Waals surface area contributed by atoms with Crippen LogP contribution in [0.15, 0.2) is 42.5 Å². The molecule has 2 aromatic carbocycles. The van der Waals surface area contributed by atoms with Crippen molar-refractivity contribution in [2.75, 3.05) is 0 Å². The minimum Gasteiger partial charge on any atom is -0.372 e. The maximum absolute atomic E-state index is 11.1. The third-order valence-corrected chi connectivity index (χ3v) is 3.46. The summed E-state index contributed by atoms with van der Waals surface area (Å²) in [6, 6.07) is 14.7. The predicted molar refractivity (Wildman–Crippen MR) is 74.8 cm³/mol. The number of rotatable bonds is 3. The van der Waals surface area contributed by atoms with Crippen molar-refractivity contribution in [2.24, 2.45) is 0 Å². The Kier molecular flexibility index (Phi) is 3.18. The van der Waals surface area contributed by atoms with E-state index in [0.29, 0.717) is 13.0 Å². The molecule has 0 saturated heterocycles. The summed E-state index contributed by atoms with van der Waals surface area (Å²) in [5, 5.41) is 0. The number of ketones is 1. The van der Waals surface area contributed by atoms with E-state index in [0.717, 1.165) is 12.2 Å². The Bertz CT molecular complexity index is 612. The van der Waals surface area contributed by atoms with Crippen molar-refractivity contribution in [1.82, 2.24) is 0 Å². The van der Waals surface area contributed by atoms with Gasteiger partial charge in [-0.25, -0.2) is 0 Å². The van der Waals surface area contributed by atoms with Gasteiger partial charge in [-0.15, -0.1) is 0 Å².